The molecule has 2 N–H and O–H groups in total. The molecule has 0 radical (unpaired) electrons. The smallest absolute Gasteiger partial charge is 0.162 e. The van der Waals surface area contributed by atoms with Gasteiger partial charge in [-0.3, -0.25) is 14.5 Å². The van der Waals surface area contributed by atoms with E-state index >= 15 is 0 Å². The lowest BCUT2D eigenvalue weighted by Crippen LogP contribution is -2.55. The number of aromatic nitrogens is 3. The van der Waals surface area contributed by atoms with Crippen molar-refractivity contribution in [2.75, 3.05) is 55.6 Å². The van der Waals surface area contributed by atoms with Crippen molar-refractivity contribution in [3.8, 4) is 10.8 Å². The fraction of sp³-hybridized carbons (Fsp3) is 0.353. The number of aromatic hydroxyl groups is 1. The Bertz CT molecular complexity index is 2630. The highest BCUT2D eigenvalue weighted by atomic mass is 32.1. The minimum atomic E-state index is -0.691. The largest absolute Gasteiger partial charge is 0.508 e. The zero-order valence-corrected chi connectivity index (χ0v) is 36.5. The Morgan fingerprint density at radius 1 is 0.738 bits per heavy atom. The Morgan fingerprint density at radius 3 is 2.11 bits per heavy atom. The SMILES string of the molecule is Cc1sc2c(c1C)C(c1ccc(N3CCC(O)(CN4CCN(c5ccc(C6=C(c7ccccc7)CCCc7cc(O)ccc76)cc5)CC4)CC3)cc1)=N[C@@H](C)c1nnc(C)n1-2. The molecule has 10 rings (SSSR count). The monoisotopic (exact) mass is 829 g/mol. The van der Waals surface area contributed by atoms with Crippen LogP contribution in [0.3, 0.4) is 0 Å². The van der Waals surface area contributed by atoms with E-state index in [1.165, 1.54) is 60.8 Å². The number of fused-ring (bicyclic) bond motifs is 4. The summed E-state index contributed by atoms with van der Waals surface area (Å²) in [6.07, 6.45) is 4.50. The number of phenolic OH excluding ortho intramolecular Hbond substituents is 1. The molecule has 1 aliphatic carbocycles. The van der Waals surface area contributed by atoms with Crippen LogP contribution in [0, 0.1) is 20.8 Å². The van der Waals surface area contributed by atoms with Gasteiger partial charge in [-0.25, -0.2) is 0 Å². The van der Waals surface area contributed by atoms with E-state index < -0.39 is 5.60 Å². The second kappa shape index (κ2) is 16.0. The molecule has 4 aromatic carbocycles. The predicted molar refractivity (Wildman–Crippen MR) is 249 cm³/mol. The van der Waals surface area contributed by atoms with Crippen LogP contribution < -0.4 is 9.80 Å². The van der Waals surface area contributed by atoms with Crippen molar-refractivity contribution in [2.24, 2.45) is 4.99 Å². The van der Waals surface area contributed by atoms with Gasteiger partial charge in [0, 0.05) is 73.2 Å². The van der Waals surface area contributed by atoms with Crippen LogP contribution in [-0.2, 0) is 6.42 Å². The summed E-state index contributed by atoms with van der Waals surface area (Å²) < 4.78 is 2.19. The fourth-order valence-electron chi connectivity index (χ4n) is 10.1. The molecule has 0 bridgehead atoms. The highest BCUT2D eigenvalue weighted by molar-refractivity contribution is 7.15. The number of phenols is 1. The van der Waals surface area contributed by atoms with Crippen molar-refractivity contribution < 1.29 is 10.2 Å². The minimum absolute atomic E-state index is 0.107. The lowest BCUT2D eigenvalue weighted by molar-refractivity contribution is -0.0173. The van der Waals surface area contributed by atoms with E-state index in [1.54, 1.807) is 11.3 Å². The average Bonchev–Trinajstić information content (AvgIpc) is 3.68. The third-order valence-corrected chi connectivity index (χ3v) is 14.8. The number of aryl methyl sites for hydroxylation is 3. The Hall–Kier alpha value is -5.55. The van der Waals surface area contributed by atoms with Crippen molar-refractivity contribution in [3.05, 3.63) is 153 Å². The lowest BCUT2D eigenvalue weighted by atomic mass is 9.87. The van der Waals surface area contributed by atoms with Gasteiger partial charge in [0.2, 0.25) is 0 Å². The maximum Gasteiger partial charge on any atom is 0.162 e. The van der Waals surface area contributed by atoms with Gasteiger partial charge in [0.05, 0.1) is 11.3 Å². The number of aliphatic imine (C=N–C) groups is 1. The topological polar surface area (TPSA) is 93.2 Å². The third kappa shape index (κ3) is 7.49. The summed E-state index contributed by atoms with van der Waals surface area (Å²) in [6.45, 7) is 14.6. The average molecular weight is 830 g/mol. The molecule has 61 heavy (non-hydrogen) atoms. The number of rotatable bonds is 7. The van der Waals surface area contributed by atoms with E-state index in [9.17, 15) is 10.2 Å². The minimum Gasteiger partial charge on any atom is -0.508 e. The molecule has 10 heteroatoms. The number of hydrogen-bond acceptors (Lipinski definition) is 9. The van der Waals surface area contributed by atoms with Crippen LogP contribution in [0.1, 0.15) is 94.1 Å². The van der Waals surface area contributed by atoms with Gasteiger partial charge < -0.3 is 20.0 Å². The van der Waals surface area contributed by atoms with Gasteiger partial charge in [-0.1, -0.05) is 60.7 Å². The summed E-state index contributed by atoms with van der Waals surface area (Å²) in [5.74, 6) is 2.11. The van der Waals surface area contributed by atoms with Gasteiger partial charge in [-0.15, -0.1) is 21.5 Å². The molecule has 0 unspecified atom stereocenters. The molecular formula is C51H55N7O2S. The van der Waals surface area contributed by atoms with Gasteiger partial charge in [-0.05, 0) is 135 Å². The zero-order chi connectivity index (χ0) is 41.8. The van der Waals surface area contributed by atoms with E-state index in [-0.39, 0.29) is 6.04 Å². The van der Waals surface area contributed by atoms with Crippen molar-refractivity contribution in [3.63, 3.8) is 0 Å². The number of anilines is 2. The number of piperazine rings is 1. The molecule has 0 spiro atoms. The first kappa shape index (κ1) is 39.6. The predicted octanol–water partition coefficient (Wildman–Crippen LogP) is 9.32. The standard InChI is InChI=1S/C51H55N7O2S/c1-33-35(3)61-50-46(33)48(52-34(2)49-54-53-36(4)58(49)50)39-15-19-41(20-16-39)56-25-23-51(60,24-26-56)32-55-27-29-57(30-28-55)42-17-13-38(14-18-42)47-44(37-9-6-5-7-10-37)12-8-11-40-31-43(59)21-22-45(40)47/h5-7,9-10,13-22,31,34,59-60H,8,11-12,23-30,32H2,1-4H3/t34-/m0/s1. The molecule has 2 aromatic heterocycles. The molecule has 0 amide bonds. The number of aliphatic hydroxyl groups is 1. The number of hydrogen-bond donors (Lipinski definition) is 2. The molecule has 0 saturated carbocycles. The van der Waals surface area contributed by atoms with Crippen LogP contribution in [0.4, 0.5) is 11.4 Å². The first-order valence-corrected chi connectivity index (χ1v) is 22.8. The quantitative estimate of drug-likeness (QED) is 0.166. The Kier molecular flexibility index (Phi) is 10.4. The second-order valence-electron chi connectivity index (χ2n) is 17.5. The second-order valence-corrected chi connectivity index (χ2v) is 18.7. The highest BCUT2D eigenvalue weighted by Crippen LogP contribution is 2.42. The number of thiophene rings is 1. The van der Waals surface area contributed by atoms with Crippen LogP contribution in [0.15, 0.2) is 102 Å². The van der Waals surface area contributed by atoms with Gasteiger partial charge in [-0.2, -0.15) is 0 Å². The maximum atomic E-state index is 11.9. The van der Waals surface area contributed by atoms with Crippen molar-refractivity contribution >= 4 is 39.6 Å². The van der Waals surface area contributed by atoms with Crippen LogP contribution in [0.5, 0.6) is 5.75 Å². The van der Waals surface area contributed by atoms with E-state index in [0.29, 0.717) is 12.3 Å². The number of benzene rings is 4. The van der Waals surface area contributed by atoms with Gasteiger partial charge in [0.25, 0.3) is 0 Å². The summed E-state index contributed by atoms with van der Waals surface area (Å²) in [6, 6.07) is 34.5. The summed E-state index contributed by atoms with van der Waals surface area (Å²) in [5.41, 5.74) is 13.9. The molecule has 9 nitrogen and oxygen atoms in total. The van der Waals surface area contributed by atoms with E-state index in [4.69, 9.17) is 4.99 Å². The van der Waals surface area contributed by atoms with Crippen LogP contribution in [0.2, 0.25) is 0 Å². The van der Waals surface area contributed by atoms with E-state index in [0.717, 1.165) is 99.3 Å². The van der Waals surface area contributed by atoms with Crippen molar-refractivity contribution in [1.29, 1.82) is 0 Å². The highest BCUT2D eigenvalue weighted by Gasteiger charge is 2.36. The molecule has 3 aliphatic heterocycles. The molecule has 4 aliphatic rings. The summed E-state index contributed by atoms with van der Waals surface area (Å²) >= 11 is 1.79. The van der Waals surface area contributed by atoms with Gasteiger partial charge >= 0.3 is 0 Å². The third-order valence-electron chi connectivity index (χ3n) is 13.6. The van der Waals surface area contributed by atoms with Crippen LogP contribution in [-0.4, -0.2) is 87.0 Å². The summed E-state index contributed by atoms with van der Waals surface area (Å²) in [4.78, 5) is 13.9. The molecule has 6 aromatic rings. The fourth-order valence-corrected chi connectivity index (χ4v) is 11.3. The van der Waals surface area contributed by atoms with Gasteiger partial charge in [0.1, 0.15) is 22.6 Å². The number of piperidine rings is 1. The van der Waals surface area contributed by atoms with Gasteiger partial charge in [0.15, 0.2) is 5.82 Å². The van der Waals surface area contributed by atoms with Crippen molar-refractivity contribution in [1.82, 2.24) is 19.7 Å². The molecule has 2 fully saturated rings. The Balaban J connectivity index is 0.773. The Labute approximate surface area is 363 Å². The number of β-amino-alcohol motifs (C(OH)–C–C–N with tert-alkyl or cyclic N) is 1. The van der Waals surface area contributed by atoms with Crippen LogP contribution >= 0.6 is 11.3 Å². The normalized spacial score (nSPS) is 19.2. The zero-order valence-electron chi connectivity index (χ0n) is 35.7. The van der Waals surface area contributed by atoms with Crippen LogP contribution in [0.25, 0.3) is 16.1 Å². The molecule has 2 saturated heterocycles. The molecular weight excluding hydrogens is 775 g/mol. The summed E-state index contributed by atoms with van der Waals surface area (Å²) in [7, 11) is 0. The molecule has 312 valence electrons. The Morgan fingerprint density at radius 2 is 1.41 bits per heavy atom. The first-order chi connectivity index (χ1) is 29.6. The maximum absolute atomic E-state index is 11.9. The number of nitrogens with zero attached hydrogens (tertiary/aromatic N) is 7. The summed E-state index contributed by atoms with van der Waals surface area (Å²) in [5, 5.41) is 32.3. The van der Waals surface area contributed by atoms with E-state index in [2.05, 4.69) is 135 Å². The van der Waals surface area contributed by atoms with E-state index in [1.807, 2.05) is 19.1 Å². The number of allylic oxidation sites excluding steroid dienone is 1. The lowest BCUT2D eigenvalue weighted by Gasteiger charge is -2.44. The first-order valence-electron chi connectivity index (χ1n) is 22.0. The molecule has 1 atom stereocenters. The van der Waals surface area contributed by atoms with Crippen molar-refractivity contribution in [2.45, 2.75) is 71.4 Å². The molecule has 5 heterocycles.